The summed E-state index contributed by atoms with van der Waals surface area (Å²) in [7, 11) is 0. The molecule has 114 valence electrons. The van der Waals surface area contributed by atoms with E-state index in [0.29, 0.717) is 25.1 Å². The van der Waals surface area contributed by atoms with E-state index < -0.39 is 24.1 Å². The number of nitrogens with one attached hydrogen (secondary N) is 1. The molecule has 3 unspecified atom stereocenters. The van der Waals surface area contributed by atoms with E-state index in [4.69, 9.17) is 5.73 Å². The highest BCUT2D eigenvalue weighted by molar-refractivity contribution is 7.98. The van der Waals surface area contributed by atoms with E-state index in [-0.39, 0.29) is 11.8 Å². The standard InChI is InChI=1S/C12H21N3O4S/c1-7-3-5-15(9(7)11(17)18)10(16)8(4-6-20-2)14-12(13)19/h7-9H,3-6H2,1-2H3,(H,17,18)(H3,13,14,19). The summed E-state index contributed by atoms with van der Waals surface area (Å²) in [6, 6.07) is -2.36. The lowest BCUT2D eigenvalue weighted by molar-refractivity contribution is -0.150. The molecule has 1 aliphatic rings. The summed E-state index contributed by atoms with van der Waals surface area (Å²) in [5, 5.41) is 11.6. The predicted molar refractivity (Wildman–Crippen MR) is 76.4 cm³/mol. The number of hydrogen-bond acceptors (Lipinski definition) is 4. The minimum atomic E-state index is -1.01. The van der Waals surface area contributed by atoms with Crippen molar-refractivity contribution in [2.45, 2.75) is 31.8 Å². The van der Waals surface area contributed by atoms with Crippen LogP contribution in [0.5, 0.6) is 0 Å². The Morgan fingerprint density at radius 1 is 1.50 bits per heavy atom. The molecule has 1 saturated heterocycles. The number of rotatable bonds is 6. The molecule has 0 aromatic rings. The number of aliphatic carboxylic acids is 1. The minimum Gasteiger partial charge on any atom is -0.480 e. The first-order chi connectivity index (χ1) is 9.38. The van der Waals surface area contributed by atoms with Crippen molar-refractivity contribution < 1.29 is 19.5 Å². The minimum absolute atomic E-state index is 0.0915. The van der Waals surface area contributed by atoms with Gasteiger partial charge in [0.2, 0.25) is 5.91 Å². The predicted octanol–water partition coefficient (Wildman–Crippen LogP) is 0.0980. The lowest BCUT2D eigenvalue weighted by atomic mass is 10.0. The van der Waals surface area contributed by atoms with Crippen LogP contribution in [-0.2, 0) is 9.59 Å². The third kappa shape index (κ3) is 4.03. The van der Waals surface area contributed by atoms with Crippen molar-refractivity contribution in [2.24, 2.45) is 11.7 Å². The molecule has 8 heteroatoms. The summed E-state index contributed by atoms with van der Waals surface area (Å²) in [6.07, 6.45) is 2.97. The molecule has 0 spiro atoms. The first-order valence-corrected chi connectivity index (χ1v) is 7.86. The Morgan fingerprint density at radius 2 is 2.15 bits per heavy atom. The summed E-state index contributed by atoms with van der Waals surface area (Å²) in [6.45, 7) is 2.21. The van der Waals surface area contributed by atoms with Gasteiger partial charge in [0.25, 0.3) is 0 Å². The van der Waals surface area contributed by atoms with Crippen molar-refractivity contribution in [3.05, 3.63) is 0 Å². The molecule has 1 heterocycles. The van der Waals surface area contributed by atoms with E-state index in [1.54, 1.807) is 11.8 Å². The zero-order valence-electron chi connectivity index (χ0n) is 11.7. The Kier molecular flexibility index (Phi) is 6.12. The van der Waals surface area contributed by atoms with Gasteiger partial charge in [-0.05, 0) is 30.8 Å². The zero-order valence-corrected chi connectivity index (χ0v) is 12.5. The molecular weight excluding hydrogens is 282 g/mol. The molecular formula is C12H21N3O4S. The average molecular weight is 303 g/mol. The van der Waals surface area contributed by atoms with Crippen LogP contribution in [0.2, 0.25) is 0 Å². The normalized spacial score (nSPS) is 23.4. The van der Waals surface area contributed by atoms with Gasteiger partial charge in [-0.25, -0.2) is 9.59 Å². The molecule has 1 aliphatic heterocycles. The van der Waals surface area contributed by atoms with Gasteiger partial charge < -0.3 is 21.1 Å². The van der Waals surface area contributed by atoms with E-state index in [2.05, 4.69) is 5.32 Å². The summed E-state index contributed by atoms with van der Waals surface area (Å²) in [5.74, 6) is -0.787. The Bertz CT molecular complexity index is 391. The number of nitrogens with two attached hydrogens (primary N) is 1. The Hall–Kier alpha value is -1.44. The number of carboxylic acids is 1. The van der Waals surface area contributed by atoms with Gasteiger partial charge in [0.05, 0.1) is 0 Å². The van der Waals surface area contributed by atoms with Crippen LogP contribution < -0.4 is 11.1 Å². The van der Waals surface area contributed by atoms with Gasteiger partial charge >= 0.3 is 12.0 Å². The largest absolute Gasteiger partial charge is 0.480 e. The van der Waals surface area contributed by atoms with Crippen LogP contribution >= 0.6 is 11.8 Å². The molecule has 3 amide bonds. The van der Waals surface area contributed by atoms with E-state index in [1.807, 2.05) is 13.2 Å². The van der Waals surface area contributed by atoms with Crippen LogP contribution in [-0.4, -0.2) is 58.6 Å². The molecule has 7 nitrogen and oxygen atoms in total. The van der Waals surface area contributed by atoms with Crippen molar-refractivity contribution in [3.63, 3.8) is 0 Å². The highest BCUT2D eigenvalue weighted by Crippen LogP contribution is 2.25. The SMILES string of the molecule is CSCCC(NC(N)=O)C(=O)N1CCC(C)C1C(=O)O. The van der Waals surface area contributed by atoms with E-state index in [1.165, 1.54) is 4.90 Å². The van der Waals surface area contributed by atoms with Crippen molar-refractivity contribution in [3.8, 4) is 0 Å². The maximum atomic E-state index is 12.4. The van der Waals surface area contributed by atoms with Crippen molar-refractivity contribution in [2.75, 3.05) is 18.6 Å². The number of carbonyl (C=O) groups excluding carboxylic acids is 2. The van der Waals surface area contributed by atoms with Crippen molar-refractivity contribution in [1.29, 1.82) is 0 Å². The summed E-state index contributed by atoms with van der Waals surface area (Å²) in [4.78, 5) is 36.0. The van der Waals surface area contributed by atoms with Crippen LogP contribution in [0.15, 0.2) is 0 Å². The van der Waals surface area contributed by atoms with E-state index >= 15 is 0 Å². The first-order valence-electron chi connectivity index (χ1n) is 6.46. The first kappa shape index (κ1) is 16.6. The molecule has 0 aromatic carbocycles. The quantitative estimate of drug-likeness (QED) is 0.644. The molecule has 0 aromatic heterocycles. The summed E-state index contributed by atoms with van der Waals surface area (Å²) >= 11 is 1.55. The number of amides is 3. The second kappa shape index (κ2) is 7.37. The lowest BCUT2D eigenvalue weighted by Gasteiger charge is -2.28. The van der Waals surface area contributed by atoms with Crippen LogP contribution in [0.4, 0.5) is 4.79 Å². The monoisotopic (exact) mass is 303 g/mol. The second-order valence-corrected chi connectivity index (χ2v) is 5.91. The highest BCUT2D eigenvalue weighted by Gasteiger charge is 2.41. The fourth-order valence-corrected chi connectivity index (χ4v) is 2.91. The fourth-order valence-electron chi connectivity index (χ4n) is 2.44. The van der Waals surface area contributed by atoms with Crippen molar-refractivity contribution >= 4 is 29.7 Å². The van der Waals surface area contributed by atoms with Gasteiger partial charge in [-0.2, -0.15) is 11.8 Å². The van der Waals surface area contributed by atoms with Gasteiger partial charge in [-0.1, -0.05) is 6.92 Å². The molecule has 0 bridgehead atoms. The van der Waals surface area contributed by atoms with Gasteiger partial charge in [0, 0.05) is 6.54 Å². The van der Waals surface area contributed by atoms with E-state index in [0.717, 1.165) is 0 Å². The number of nitrogens with zero attached hydrogens (tertiary/aromatic N) is 1. The van der Waals surface area contributed by atoms with Gasteiger partial charge in [0.15, 0.2) is 0 Å². The number of thioether (sulfide) groups is 1. The highest BCUT2D eigenvalue weighted by atomic mass is 32.2. The molecule has 0 radical (unpaired) electrons. The van der Waals surface area contributed by atoms with Crippen molar-refractivity contribution in [1.82, 2.24) is 10.2 Å². The topological polar surface area (TPSA) is 113 Å². The van der Waals surface area contributed by atoms with Crippen LogP contribution in [0.25, 0.3) is 0 Å². The lowest BCUT2D eigenvalue weighted by Crippen LogP contribution is -2.53. The fraction of sp³-hybridized carbons (Fsp3) is 0.750. The third-order valence-electron chi connectivity index (χ3n) is 3.46. The third-order valence-corrected chi connectivity index (χ3v) is 4.11. The zero-order chi connectivity index (χ0) is 15.3. The average Bonchev–Trinajstić information content (AvgIpc) is 2.75. The van der Waals surface area contributed by atoms with Gasteiger partial charge in [0.1, 0.15) is 12.1 Å². The number of primary amides is 1. The van der Waals surface area contributed by atoms with Crippen LogP contribution in [0.1, 0.15) is 19.8 Å². The summed E-state index contributed by atoms with van der Waals surface area (Å²) in [5.41, 5.74) is 5.08. The maximum absolute atomic E-state index is 12.4. The van der Waals surface area contributed by atoms with Gasteiger partial charge in [-0.15, -0.1) is 0 Å². The maximum Gasteiger partial charge on any atom is 0.326 e. The molecule has 4 N–H and O–H groups in total. The molecule has 3 atom stereocenters. The molecule has 1 fully saturated rings. The Morgan fingerprint density at radius 3 is 2.65 bits per heavy atom. The number of hydrogen-bond donors (Lipinski definition) is 3. The number of carbonyl (C=O) groups is 3. The molecule has 0 saturated carbocycles. The molecule has 1 rings (SSSR count). The number of likely N-dealkylation sites (tertiary alicyclic amines) is 1. The smallest absolute Gasteiger partial charge is 0.326 e. The van der Waals surface area contributed by atoms with Crippen LogP contribution in [0, 0.1) is 5.92 Å². The molecule has 20 heavy (non-hydrogen) atoms. The number of carboxylic acid groups (broad SMARTS) is 1. The number of urea groups is 1. The summed E-state index contributed by atoms with van der Waals surface area (Å²) < 4.78 is 0. The Labute approximate surface area is 122 Å². The second-order valence-electron chi connectivity index (χ2n) is 4.92. The van der Waals surface area contributed by atoms with Crippen LogP contribution in [0.3, 0.4) is 0 Å². The molecule has 0 aliphatic carbocycles. The van der Waals surface area contributed by atoms with Gasteiger partial charge in [-0.3, -0.25) is 4.79 Å². The Balaban J connectivity index is 2.82. The van der Waals surface area contributed by atoms with E-state index in [9.17, 15) is 19.5 Å².